The second-order valence-corrected chi connectivity index (χ2v) is 11.4. The van der Waals surface area contributed by atoms with E-state index in [4.69, 9.17) is 9.47 Å². The number of carbonyl (C=O) groups excluding carboxylic acids is 2. The fourth-order valence-corrected chi connectivity index (χ4v) is 5.26. The molecule has 0 atom stereocenters. The summed E-state index contributed by atoms with van der Waals surface area (Å²) in [6.45, 7) is 8.74. The van der Waals surface area contributed by atoms with E-state index in [1.165, 1.54) is 19.3 Å². The fourth-order valence-electron chi connectivity index (χ4n) is 5.26. The maximum absolute atomic E-state index is 12.8. The van der Waals surface area contributed by atoms with Crippen molar-refractivity contribution in [3.8, 4) is 0 Å². The summed E-state index contributed by atoms with van der Waals surface area (Å²) in [7, 11) is 0. The molecule has 2 amide bonds. The largest absolute Gasteiger partial charge is 0.445 e. The van der Waals surface area contributed by atoms with Crippen molar-refractivity contribution in [3.63, 3.8) is 0 Å². The Morgan fingerprint density at radius 3 is 2.33 bits per heavy atom. The van der Waals surface area contributed by atoms with Crippen molar-refractivity contribution in [2.24, 2.45) is 5.92 Å². The van der Waals surface area contributed by atoms with Crippen LogP contribution in [0, 0.1) is 5.92 Å². The van der Waals surface area contributed by atoms with E-state index in [-0.39, 0.29) is 18.2 Å². The van der Waals surface area contributed by atoms with Crippen LogP contribution >= 0.6 is 0 Å². The summed E-state index contributed by atoms with van der Waals surface area (Å²) in [6, 6.07) is 10.3. The fraction of sp³-hybridized carbons (Fsp3) is 0.724. The highest BCUT2D eigenvalue weighted by atomic mass is 16.6. The van der Waals surface area contributed by atoms with Gasteiger partial charge in [-0.3, -0.25) is 0 Å². The van der Waals surface area contributed by atoms with E-state index in [2.05, 4.69) is 10.6 Å². The maximum Gasteiger partial charge on any atom is 0.410 e. The first kappa shape index (κ1) is 28.3. The van der Waals surface area contributed by atoms with Gasteiger partial charge in [0, 0.05) is 18.6 Å². The molecule has 7 nitrogen and oxygen atoms in total. The molecule has 3 rings (SSSR count). The number of ether oxygens (including phenoxy) is 2. The van der Waals surface area contributed by atoms with Crippen molar-refractivity contribution in [3.05, 3.63) is 35.9 Å². The van der Waals surface area contributed by atoms with Gasteiger partial charge in [-0.25, -0.2) is 9.59 Å². The molecule has 2 fully saturated rings. The van der Waals surface area contributed by atoms with Crippen LogP contribution in [-0.2, 0) is 16.1 Å². The number of nitrogens with one attached hydrogen (secondary N) is 2. The van der Waals surface area contributed by atoms with Crippen LogP contribution in [0.3, 0.4) is 0 Å². The molecule has 7 heteroatoms. The number of amides is 2. The summed E-state index contributed by atoms with van der Waals surface area (Å²) in [5, 5.41) is 6.63. The number of hydrogen-bond acceptors (Lipinski definition) is 5. The third-order valence-corrected chi connectivity index (χ3v) is 7.21. The van der Waals surface area contributed by atoms with Gasteiger partial charge >= 0.3 is 12.2 Å². The van der Waals surface area contributed by atoms with E-state index in [1.807, 2.05) is 56.0 Å². The van der Waals surface area contributed by atoms with E-state index in [1.54, 1.807) is 0 Å². The third-order valence-electron chi connectivity index (χ3n) is 7.21. The minimum absolute atomic E-state index is 0.164. The predicted octanol–water partition coefficient (Wildman–Crippen LogP) is 6.02. The predicted molar refractivity (Wildman–Crippen MR) is 143 cm³/mol. The van der Waals surface area contributed by atoms with Crippen molar-refractivity contribution < 1.29 is 19.1 Å². The monoisotopic (exact) mass is 501 g/mol. The van der Waals surface area contributed by atoms with E-state index in [0.717, 1.165) is 70.1 Å². The quantitative estimate of drug-likeness (QED) is 0.383. The average molecular weight is 502 g/mol. The van der Waals surface area contributed by atoms with E-state index in [0.29, 0.717) is 18.6 Å². The maximum atomic E-state index is 12.8. The smallest absolute Gasteiger partial charge is 0.410 e. The van der Waals surface area contributed by atoms with Crippen molar-refractivity contribution in [1.82, 2.24) is 15.5 Å². The summed E-state index contributed by atoms with van der Waals surface area (Å²) in [5.41, 5.74) is 0.532. The molecule has 2 N–H and O–H groups in total. The summed E-state index contributed by atoms with van der Waals surface area (Å²) in [6.07, 6.45) is 10.5. The number of carbonyl (C=O) groups is 2. The van der Waals surface area contributed by atoms with E-state index >= 15 is 0 Å². The van der Waals surface area contributed by atoms with E-state index < -0.39 is 5.60 Å². The Bertz CT molecular complexity index is 781. The summed E-state index contributed by atoms with van der Waals surface area (Å²) in [4.78, 5) is 26.9. The highest BCUT2D eigenvalue weighted by molar-refractivity contribution is 5.68. The van der Waals surface area contributed by atoms with Crippen LogP contribution in [0.15, 0.2) is 30.3 Å². The molecule has 0 radical (unpaired) electrons. The highest BCUT2D eigenvalue weighted by Gasteiger charge is 2.29. The normalized spacial score (nSPS) is 21.0. The zero-order valence-corrected chi connectivity index (χ0v) is 22.6. The Labute approximate surface area is 217 Å². The van der Waals surface area contributed by atoms with Gasteiger partial charge in [-0.15, -0.1) is 0 Å². The van der Waals surface area contributed by atoms with Crippen molar-refractivity contribution >= 4 is 12.2 Å². The Morgan fingerprint density at radius 1 is 0.972 bits per heavy atom. The molecule has 0 heterocycles. The van der Waals surface area contributed by atoms with E-state index in [9.17, 15) is 9.59 Å². The lowest BCUT2D eigenvalue weighted by Gasteiger charge is -2.35. The molecule has 2 aliphatic rings. The topological polar surface area (TPSA) is 79.9 Å². The number of nitrogens with zero attached hydrogens (tertiary/aromatic N) is 1. The number of alkyl carbamates (subject to hydrolysis) is 1. The molecule has 2 saturated carbocycles. The summed E-state index contributed by atoms with van der Waals surface area (Å²) >= 11 is 0. The highest BCUT2D eigenvalue weighted by Crippen LogP contribution is 2.25. The SMILES string of the molecule is CC(C)(C)OC(=O)N(CCCNCC1CCC(NC(=O)OCc2ccccc2)CC1)C1CCCCC1. The molecule has 0 aromatic heterocycles. The van der Waals surface area contributed by atoms with Gasteiger partial charge in [0.05, 0.1) is 0 Å². The van der Waals surface area contributed by atoms with Gasteiger partial charge in [-0.05, 0) is 90.3 Å². The summed E-state index contributed by atoms with van der Waals surface area (Å²) in [5.74, 6) is 0.628. The first-order valence-electron chi connectivity index (χ1n) is 14.0. The lowest BCUT2D eigenvalue weighted by atomic mass is 9.86. The molecule has 1 aromatic rings. The van der Waals surface area contributed by atoms with Gasteiger partial charge < -0.3 is 25.0 Å². The van der Waals surface area contributed by atoms with Gasteiger partial charge in [0.25, 0.3) is 0 Å². The first-order valence-corrected chi connectivity index (χ1v) is 14.0. The Hall–Kier alpha value is -2.28. The molecular weight excluding hydrogens is 454 g/mol. The van der Waals surface area contributed by atoms with Gasteiger partial charge in [0.2, 0.25) is 0 Å². The second kappa shape index (κ2) is 14.5. The van der Waals surface area contributed by atoms with Crippen LogP contribution in [0.25, 0.3) is 0 Å². The molecule has 0 bridgehead atoms. The zero-order chi connectivity index (χ0) is 25.8. The van der Waals surface area contributed by atoms with Crippen LogP contribution < -0.4 is 10.6 Å². The van der Waals surface area contributed by atoms with Crippen LogP contribution in [-0.4, -0.2) is 54.4 Å². The molecule has 0 saturated heterocycles. The Balaban J connectivity index is 1.29. The lowest BCUT2D eigenvalue weighted by Crippen LogP contribution is -2.45. The van der Waals surface area contributed by atoms with Gasteiger partial charge in [0.1, 0.15) is 12.2 Å². The Morgan fingerprint density at radius 2 is 1.67 bits per heavy atom. The van der Waals surface area contributed by atoms with Gasteiger partial charge in [-0.1, -0.05) is 49.6 Å². The number of rotatable bonds is 10. The molecule has 0 aliphatic heterocycles. The third kappa shape index (κ3) is 10.4. The molecule has 1 aromatic carbocycles. The average Bonchev–Trinajstić information content (AvgIpc) is 2.86. The van der Waals surface area contributed by atoms with Gasteiger partial charge in [-0.2, -0.15) is 0 Å². The van der Waals surface area contributed by atoms with Crippen molar-refractivity contribution in [1.29, 1.82) is 0 Å². The lowest BCUT2D eigenvalue weighted by molar-refractivity contribution is 0.0119. The zero-order valence-electron chi connectivity index (χ0n) is 22.6. The second-order valence-electron chi connectivity index (χ2n) is 11.4. The minimum Gasteiger partial charge on any atom is -0.445 e. The van der Waals surface area contributed by atoms with Gasteiger partial charge in [0.15, 0.2) is 0 Å². The first-order chi connectivity index (χ1) is 17.3. The minimum atomic E-state index is -0.464. The van der Waals surface area contributed by atoms with Crippen LogP contribution in [0.4, 0.5) is 9.59 Å². The molecule has 36 heavy (non-hydrogen) atoms. The van der Waals surface area contributed by atoms with Crippen LogP contribution in [0.5, 0.6) is 0 Å². The van der Waals surface area contributed by atoms with Crippen LogP contribution in [0.2, 0.25) is 0 Å². The molecule has 0 unspecified atom stereocenters. The molecule has 0 spiro atoms. The Kier molecular flexibility index (Phi) is 11.4. The number of hydrogen-bond donors (Lipinski definition) is 2. The molecule has 2 aliphatic carbocycles. The molecule has 202 valence electrons. The van der Waals surface area contributed by atoms with Crippen molar-refractivity contribution in [2.75, 3.05) is 19.6 Å². The van der Waals surface area contributed by atoms with Crippen molar-refractivity contribution in [2.45, 2.75) is 109 Å². The standard InChI is InChI=1S/C29H47N3O4/c1-29(2,3)36-28(34)32(26-13-8-5-9-14-26)20-10-19-30-21-23-15-17-25(18-16-23)31-27(33)35-22-24-11-6-4-7-12-24/h4,6-7,11-12,23,25-26,30H,5,8-10,13-22H2,1-3H3,(H,31,33). The summed E-state index contributed by atoms with van der Waals surface area (Å²) < 4.78 is 11.1. The molecular formula is C29H47N3O4. The number of benzene rings is 1. The van der Waals surface area contributed by atoms with Crippen LogP contribution in [0.1, 0.15) is 90.5 Å².